The van der Waals surface area contributed by atoms with Gasteiger partial charge in [0.15, 0.2) is 5.78 Å². The first-order chi connectivity index (χ1) is 22.6. The van der Waals surface area contributed by atoms with E-state index in [9.17, 15) is 9.59 Å². The number of rotatable bonds is 10. The SMILES string of the molecule is C=C(C)C(=O)OCc1ccccc1.C=C(C)C(C)=O.CC(C)c1cccc(C(C)C)c1N1C=CN(c2c(C(C)C)cccc2C(C)C)[CH-]1.[CH3-].[CH3-].[Ni+3]. The second-order valence-electron chi connectivity index (χ2n) is 13.6. The Balaban J connectivity index is 0. The van der Waals surface area contributed by atoms with Crippen LogP contribution in [0.4, 0.5) is 11.4 Å². The minimum Gasteiger partial charge on any atom is -0.479 e. The number of hydrogen-bond donors (Lipinski definition) is 0. The van der Waals surface area contributed by atoms with Gasteiger partial charge in [0.25, 0.3) is 0 Å². The summed E-state index contributed by atoms with van der Waals surface area (Å²) in [6.45, 7) is 32.6. The topological polar surface area (TPSA) is 49.9 Å². The Bertz CT molecular complexity index is 1440. The summed E-state index contributed by atoms with van der Waals surface area (Å²) in [4.78, 5) is 25.7. The summed E-state index contributed by atoms with van der Waals surface area (Å²) in [5, 5.41) is 0. The number of carbonyl (C=O) groups excluding carboxylic acids is 2. The van der Waals surface area contributed by atoms with Crippen LogP contribution in [-0.2, 0) is 37.4 Å². The first-order valence-corrected chi connectivity index (χ1v) is 16.9. The molecule has 281 valence electrons. The number of hydrogen-bond acceptors (Lipinski definition) is 5. The summed E-state index contributed by atoms with van der Waals surface area (Å²) in [5.41, 5.74) is 10.3. The van der Waals surface area contributed by atoms with E-state index < -0.39 is 0 Å². The van der Waals surface area contributed by atoms with Crippen LogP contribution in [0.3, 0.4) is 0 Å². The van der Waals surface area contributed by atoms with Gasteiger partial charge in [0.05, 0.1) is 0 Å². The van der Waals surface area contributed by atoms with E-state index in [-0.39, 0.29) is 43.1 Å². The smallest absolute Gasteiger partial charge is 0.479 e. The Labute approximate surface area is 321 Å². The van der Waals surface area contributed by atoms with Gasteiger partial charge in [-0.05, 0) is 90.2 Å². The number of benzene rings is 3. The summed E-state index contributed by atoms with van der Waals surface area (Å²) >= 11 is 0. The zero-order valence-corrected chi connectivity index (χ0v) is 34.4. The van der Waals surface area contributed by atoms with Crippen LogP contribution >= 0.6 is 0 Å². The van der Waals surface area contributed by atoms with E-state index in [2.05, 4.69) is 134 Å². The fourth-order valence-corrected chi connectivity index (χ4v) is 5.09. The van der Waals surface area contributed by atoms with E-state index in [4.69, 9.17) is 4.74 Å². The Morgan fingerprint density at radius 1 is 0.608 bits per heavy atom. The molecule has 0 N–H and O–H groups in total. The number of ether oxygens (including phenoxy) is 1. The molecule has 0 saturated heterocycles. The van der Waals surface area contributed by atoms with Gasteiger partial charge >= 0.3 is 22.5 Å². The van der Waals surface area contributed by atoms with Gasteiger partial charge in [-0.2, -0.15) is 0 Å². The average molecular weight is 739 g/mol. The maximum absolute atomic E-state index is 11.0. The van der Waals surface area contributed by atoms with Crippen LogP contribution in [0.15, 0.2) is 103 Å². The molecule has 0 amide bonds. The molecule has 1 aliphatic heterocycles. The summed E-state index contributed by atoms with van der Waals surface area (Å²) in [6, 6.07) is 23.1. The Morgan fingerprint density at radius 3 is 1.22 bits per heavy atom. The van der Waals surface area contributed by atoms with Crippen molar-refractivity contribution in [1.82, 2.24) is 0 Å². The number of carbonyl (C=O) groups is 2. The molecule has 3 aromatic rings. The molecule has 0 saturated carbocycles. The van der Waals surface area contributed by atoms with Gasteiger partial charge in [-0.25, -0.2) is 4.79 Å². The maximum Gasteiger partial charge on any atom is 3.00 e. The van der Waals surface area contributed by atoms with E-state index >= 15 is 0 Å². The molecule has 0 spiro atoms. The second-order valence-corrected chi connectivity index (χ2v) is 13.6. The Hall–Kier alpha value is -3.89. The molecule has 51 heavy (non-hydrogen) atoms. The largest absolute Gasteiger partial charge is 3.00 e. The minimum atomic E-state index is -0.344. The zero-order chi connectivity index (χ0) is 36.1. The number of anilines is 2. The van der Waals surface area contributed by atoms with Gasteiger partial charge in [0.1, 0.15) is 6.61 Å². The monoisotopic (exact) mass is 737 g/mol. The zero-order valence-electron chi connectivity index (χ0n) is 33.4. The molecule has 1 radical (unpaired) electrons. The van der Waals surface area contributed by atoms with Gasteiger partial charge in [-0.1, -0.05) is 135 Å². The van der Waals surface area contributed by atoms with E-state index in [1.807, 2.05) is 30.3 Å². The van der Waals surface area contributed by atoms with Crippen molar-refractivity contribution in [3.05, 3.63) is 153 Å². The summed E-state index contributed by atoms with van der Waals surface area (Å²) in [6.07, 6.45) is 4.43. The third-order valence-corrected chi connectivity index (χ3v) is 8.00. The van der Waals surface area contributed by atoms with Crippen molar-refractivity contribution in [3.8, 4) is 0 Å². The van der Waals surface area contributed by atoms with Crippen molar-refractivity contribution >= 4 is 23.1 Å². The summed E-state index contributed by atoms with van der Waals surface area (Å²) in [7, 11) is 0. The third-order valence-electron chi connectivity index (χ3n) is 8.00. The standard InChI is InChI=1S/C27H37N2.C11H12O2.C5H8O.2CH3.Ni/c1-18(2)22-11-9-12-23(19(3)4)26(22)28-15-16-29(17-28)27-24(20(5)6)13-10-14-25(27)21(7)8;1-9(2)11(12)13-8-10-6-4-3-5-7-10;1-4(2)5(3)6;;;/h9-21H,1-8H3;3-7H,1,8H2,2H3;1H2,2-3H3;2*1H3;/q-1;;;2*-1;+3. The summed E-state index contributed by atoms with van der Waals surface area (Å²) in [5.74, 6) is 1.64. The van der Waals surface area contributed by atoms with Gasteiger partial charge in [-0.15, -0.1) is 6.67 Å². The third kappa shape index (κ3) is 14.7. The van der Waals surface area contributed by atoms with Crippen molar-refractivity contribution in [2.24, 2.45) is 0 Å². The molecule has 0 aromatic heterocycles. The molecule has 0 unspecified atom stereocenters. The number of allylic oxidation sites excluding steroid dienone is 1. The average Bonchev–Trinajstić information content (AvgIpc) is 3.53. The van der Waals surface area contributed by atoms with E-state index in [1.54, 1.807) is 13.8 Å². The van der Waals surface area contributed by atoms with Crippen molar-refractivity contribution in [1.29, 1.82) is 0 Å². The van der Waals surface area contributed by atoms with E-state index in [0.717, 1.165) is 5.56 Å². The Kier molecular flexibility index (Phi) is 22.7. The van der Waals surface area contributed by atoms with Crippen LogP contribution in [-0.4, -0.2) is 11.8 Å². The second kappa shape index (κ2) is 23.6. The maximum atomic E-state index is 11.0. The number of nitrogens with zero attached hydrogens (tertiary/aromatic N) is 2. The van der Waals surface area contributed by atoms with E-state index in [0.29, 0.717) is 41.4 Å². The molecule has 1 heterocycles. The number of Topliss-reactive ketones (excluding diaryl/α,β-unsaturated/α-hetero) is 1. The van der Waals surface area contributed by atoms with Gasteiger partial charge < -0.3 is 29.4 Å². The fraction of sp³-hybridized carbons (Fsp3) is 0.356. The van der Waals surface area contributed by atoms with Crippen molar-refractivity contribution < 1.29 is 30.8 Å². The molecule has 6 heteroatoms. The molecule has 0 fully saturated rings. The van der Waals surface area contributed by atoms with Crippen molar-refractivity contribution in [2.75, 3.05) is 9.80 Å². The molecule has 0 atom stereocenters. The van der Waals surface area contributed by atoms with Gasteiger partial charge in [0.2, 0.25) is 0 Å². The molecule has 1 aliphatic rings. The first kappa shape index (κ1) is 49.2. The van der Waals surface area contributed by atoms with Crippen LogP contribution in [0.1, 0.15) is 128 Å². The fourth-order valence-electron chi connectivity index (χ4n) is 5.09. The van der Waals surface area contributed by atoms with Crippen LogP contribution in [0, 0.1) is 21.5 Å². The van der Waals surface area contributed by atoms with Gasteiger partial charge in [0, 0.05) is 16.9 Å². The van der Waals surface area contributed by atoms with Crippen molar-refractivity contribution in [2.45, 2.75) is 106 Å². The molecule has 0 bridgehead atoms. The molecular weight excluding hydrogens is 675 g/mol. The first-order valence-electron chi connectivity index (χ1n) is 16.9. The predicted molar refractivity (Wildman–Crippen MR) is 217 cm³/mol. The van der Waals surface area contributed by atoms with Gasteiger partial charge in [-0.3, -0.25) is 4.79 Å². The van der Waals surface area contributed by atoms with E-state index in [1.165, 1.54) is 40.6 Å². The van der Waals surface area contributed by atoms with Crippen molar-refractivity contribution in [3.63, 3.8) is 0 Å². The molecule has 3 aromatic carbocycles. The minimum absolute atomic E-state index is 0. The quantitative estimate of drug-likeness (QED) is 0.0897. The predicted octanol–water partition coefficient (Wildman–Crippen LogP) is 12.5. The van der Waals surface area contributed by atoms with Crippen LogP contribution in [0.5, 0.6) is 0 Å². The van der Waals surface area contributed by atoms with Crippen LogP contribution in [0.2, 0.25) is 0 Å². The number of ketones is 1. The van der Waals surface area contributed by atoms with Crippen LogP contribution < -0.4 is 9.80 Å². The number of esters is 1. The number of para-hydroxylation sites is 2. The molecule has 0 aliphatic carbocycles. The molecular formula is C45H63N2NiO3. The molecule has 5 nitrogen and oxygen atoms in total. The normalized spacial score (nSPS) is 11.4. The molecule has 4 rings (SSSR count). The van der Waals surface area contributed by atoms with Crippen LogP contribution in [0.25, 0.3) is 0 Å². The Morgan fingerprint density at radius 2 is 0.941 bits per heavy atom. The summed E-state index contributed by atoms with van der Waals surface area (Å²) < 4.78 is 4.95.